The molecule has 0 radical (unpaired) electrons. The van der Waals surface area contributed by atoms with Crippen LogP contribution < -0.4 is 10.2 Å². The van der Waals surface area contributed by atoms with Crippen molar-refractivity contribution in [2.45, 2.75) is 19.9 Å². The Morgan fingerprint density at radius 3 is 2.84 bits per heavy atom. The van der Waals surface area contributed by atoms with Crippen LogP contribution in [0.15, 0.2) is 53.6 Å². The van der Waals surface area contributed by atoms with Crippen LogP contribution in [0.3, 0.4) is 0 Å². The largest absolute Gasteiger partial charge is 0.494 e. The van der Waals surface area contributed by atoms with Gasteiger partial charge in [0.05, 0.1) is 18.3 Å². The quantitative estimate of drug-likeness (QED) is 0.530. The number of nitrogens with one attached hydrogen (secondary N) is 1. The molecule has 1 aromatic heterocycles. The molecule has 0 saturated carbocycles. The van der Waals surface area contributed by atoms with E-state index >= 15 is 0 Å². The number of hydrazone groups is 1. The van der Waals surface area contributed by atoms with Gasteiger partial charge in [0.1, 0.15) is 17.8 Å². The zero-order valence-corrected chi connectivity index (χ0v) is 13.9. The maximum absolute atomic E-state index is 12.0. The molecule has 3 aromatic rings. The first kappa shape index (κ1) is 16.6. The molecule has 0 unspecified atom stereocenters. The maximum atomic E-state index is 12.0. The van der Waals surface area contributed by atoms with E-state index < -0.39 is 0 Å². The summed E-state index contributed by atoms with van der Waals surface area (Å²) in [6.45, 7) is 2.81. The van der Waals surface area contributed by atoms with Gasteiger partial charge in [-0.15, -0.1) is 5.10 Å². The van der Waals surface area contributed by atoms with Gasteiger partial charge in [-0.05, 0) is 48.4 Å². The first-order valence-electron chi connectivity index (χ1n) is 8.09. The number of carbonyl (C=O) groups is 1. The Balaban J connectivity index is 1.54. The summed E-state index contributed by atoms with van der Waals surface area (Å²) in [5, 5.41) is 12.0. The fraction of sp³-hybridized carbons (Fsp3) is 0.222. The number of fused-ring (bicyclic) bond motifs is 1. The molecule has 1 amide bonds. The molecule has 0 atom stereocenters. The second kappa shape index (κ2) is 8.05. The van der Waals surface area contributed by atoms with Crippen LogP contribution in [0.5, 0.6) is 5.75 Å². The van der Waals surface area contributed by atoms with Crippen molar-refractivity contribution < 1.29 is 9.53 Å². The van der Waals surface area contributed by atoms with Crippen LogP contribution >= 0.6 is 0 Å². The van der Waals surface area contributed by atoms with Gasteiger partial charge in [0.15, 0.2) is 0 Å². The van der Waals surface area contributed by atoms with E-state index in [9.17, 15) is 4.79 Å². The summed E-state index contributed by atoms with van der Waals surface area (Å²) in [6, 6.07) is 15.0. The van der Waals surface area contributed by atoms with Gasteiger partial charge in [0, 0.05) is 0 Å². The molecule has 7 nitrogen and oxygen atoms in total. The van der Waals surface area contributed by atoms with E-state index in [2.05, 4.69) is 27.8 Å². The van der Waals surface area contributed by atoms with Gasteiger partial charge in [0.2, 0.25) is 0 Å². The highest BCUT2D eigenvalue weighted by Gasteiger charge is 2.07. The predicted octanol–water partition coefficient (Wildman–Crippen LogP) is 2.37. The van der Waals surface area contributed by atoms with Crippen molar-refractivity contribution in [3.05, 3.63) is 54.1 Å². The number of benzene rings is 2. The van der Waals surface area contributed by atoms with Crippen molar-refractivity contribution in [1.82, 2.24) is 20.4 Å². The molecule has 2 aromatic carbocycles. The molecule has 25 heavy (non-hydrogen) atoms. The molecular formula is C18H19N5O2. The number of rotatable bonds is 7. The average molecular weight is 337 g/mol. The van der Waals surface area contributed by atoms with Crippen molar-refractivity contribution in [3.8, 4) is 5.75 Å². The van der Waals surface area contributed by atoms with E-state index in [1.807, 2.05) is 48.5 Å². The van der Waals surface area contributed by atoms with E-state index in [0.29, 0.717) is 6.61 Å². The summed E-state index contributed by atoms with van der Waals surface area (Å²) in [6.07, 6.45) is 2.55. The van der Waals surface area contributed by atoms with Crippen LogP contribution in [0.1, 0.15) is 18.9 Å². The molecule has 0 bridgehead atoms. The molecular weight excluding hydrogens is 318 g/mol. The monoisotopic (exact) mass is 337 g/mol. The lowest BCUT2D eigenvalue weighted by Gasteiger charge is -2.04. The number of para-hydroxylation sites is 1. The highest BCUT2D eigenvalue weighted by Crippen LogP contribution is 2.11. The van der Waals surface area contributed by atoms with Crippen molar-refractivity contribution in [3.63, 3.8) is 0 Å². The van der Waals surface area contributed by atoms with Gasteiger partial charge in [-0.1, -0.05) is 24.3 Å². The summed E-state index contributed by atoms with van der Waals surface area (Å²) in [5.74, 6) is 0.552. The third kappa shape index (κ3) is 4.41. The summed E-state index contributed by atoms with van der Waals surface area (Å²) >= 11 is 0. The molecule has 0 aliphatic carbocycles. The third-order valence-electron chi connectivity index (χ3n) is 3.47. The number of aromatic nitrogens is 3. The van der Waals surface area contributed by atoms with E-state index in [-0.39, 0.29) is 12.5 Å². The van der Waals surface area contributed by atoms with Crippen LogP contribution in [0.25, 0.3) is 11.0 Å². The van der Waals surface area contributed by atoms with E-state index in [0.717, 1.165) is 28.8 Å². The van der Waals surface area contributed by atoms with Crippen molar-refractivity contribution in [1.29, 1.82) is 0 Å². The highest BCUT2D eigenvalue weighted by atomic mass is 16.5. The molecule has 0 saturated heterocycles. The van der Waals surface area contributed by atoms with E-state index in [1.54, 1.807) is 10.9 Å². The van der Waals surface area contributed by atoms with E-state index in [1.165, 1.54) is 0 Å². The smallest absolute Gasteiger partial charge is 0.261 e. The average Bonchev–Trinajstić information content (AvgIpc) is 3.04. The van der Waals surface area contributed by atoms with Crippen molar-refractivity contribution in [2.75, 3.05) is 6.61 Å². The summed E-state index contributed by atoms with van der Waals surface area (Å²) in [4.78, 5) is 12.0. The Morgan fingerprint density at radius 1 is 1.24 bits per heavy atom. The second-order valence-corrected chi connectivity index (χ2v) is 5.45. The van der Waals surface area contributed by atoms with Crippen LogP contribution in [0, 0.1) is 0 Å². The Bertz CT molecular complexity index is 871. The summed E-state index contributed by atoms with van der Waals surface area (Å²) < 4.78 is 7.06. The van der Waals surface area contributed by atoms with Crippen LogP contribution in [0.4, 0.5) is 0 Å². The minimum atomic E-state index is -0.269. The Labute approximate surface area is 145 Å². The first-order chi connectivity index (χ1) is 12.3. The van der Waals surface area contributed by atoms with Crippen LogP contribution in [0.2, 0.25) is 0 Å². The minimum Gasteiger partial charge on any atom is -0.494 e. The lowest BCUT2D eigenvalue weighted by Crippen LogP contribution is -2.23. The fourth-order valence-electron chi connectivity index (χ4n) is 2.25. The zero-order chi connectivity index (χ0) is 17.5. The molecule has 0 aliphatic rings. The van der Waals surface area contributed by atoms with Gasteiger partial charge >= 0.3 is 0 Å². The summed E-state index contributed by atoms with van der Waals surface area (Å²) in [5.41, 5.74) is 4.93. The second-order valence-electron chi connectivity index (χ2n) is 5.45. The van der Waals surface area contributed by atoms with Crippen LogP contribution in [-0.2, 0) is 11.3 Å². The normalized spacial score (nSPS) is 11.1. The van der Waals surface area contributed by atoms with Crippen molar-refractivity contribution >= 4 is 23.2 Å². The maximum Gasteiger partial charge on any atom is 0.261 e. The number of hydrogen-bond donors (Lipinski definition) is 1. The molecule has 3 rings (SSSR count). The predicted molar refractivity (Wildman–Crippen MR) is 95.5 cm³/mol. The highest BCUT2D eigenvalue weighted by molar-refractivity contribution is 5.83. The molecule has 128 valence electrons. The Kier molecular flexibility index (Phi) is 5.36. The topological polar surface area (TPSA) is 81.4 Å². The zero-order valence-electron chi connectivity index (χ0n) is 13.9. The summed E-state index contributed by atoms with van der Waals surface area (Å²) in [7, 11) is 0. The number of ether oxygens (including phenoxy) is 1. The van der Waals surface area contributed by atoms with Gasteiger partial charge in [-0.25, -0.2) is 10.1 Å². The molecule has 1 heterocycles. The lowest BCUT2D eigenvalue weighted by molar-refractivity contribution is -0.121. The molecule has 1 N–H and O–H groups in total. The van der Waals surface area contributed by atoms with Gasteiger partial charge in [-0.2, -0.15) is 5.10 Å². The standard InChI is InChI=1S/C18H19N5O2/c1-2-11-25-15-9-7-14(8-10-15)12-19-21-18(24)13-23-17-6-4-3-5-16(17)20-22-23/h3-10,12H,2,11,13H2,1H3,(H,21,24)/b19-12+. The van der Waals surface area contributed by atoms with Gasteiger partial charge in [-0.3, -0.25) is 4.79 Å². The number of hydrogen-bond acceptors (Lipinski definition) is 5. The molecule has 7 heteroatoms. The van der Waals surface area contributed by atoms with Gasteiger partial charge < -0.3 is 4.74 Å². The Morgan fingerprint density at radius 2 is 2.04 bits per heavy atom. The Hall–Kier alpha value is -3.22. The molecule has 0 fully saturated rings. The number of nitrogens with zero attached hydrogens (tertiary/aromatic N) is 4. The van der Waals surface area contributed by atoms with Crippen molar-refractivity contribution in [2.24, 2.45) is 5.10 Å². The van der Waals surface area contributed by atoms with Gasteiger partial charge in [0.25, 0.3) is 5.91 Å². The first-order valence-corrected chi connectivity index (χ1v) is 8.09. The molecule has 0 spiro atoms. The fourth-order valence-corrected chi connectivity index (χ4v) is 2.25. The number of amides is 1. The van der Waals surface area contributed by atoms with Crippen LogP contribution in [-0.4, -0.2) is 33.7 Å². The minimum absolute atomic E-state index is 0.0572. The third-order valence-corrected chi connectivity index (χ3v) is 3.47. The lowest BCUT2D eigenvalue weighted by atomic mass is 10.2. The van der Waals surface area contributed by atoms with E-state index in [4.69, 9.17) is 4.74 Å². The SMILES string of the molecule is CCCOc1ccc(/C=N/NC(=O)Cn2nnc3ccccc32)cc1. The molecule has 0 aliphatic heterocycles. The number of carbonyl (C=O) groups excluding carboxylic acids is 1.